The van der Waals surface area contributed by atoms with E-state index in [-0.39, 0.29) is 18.3 Å². The van der Waals surface area contributed by atoms with Crippen LogP contribution in [0.25, 0.3) is 5.69 Å². The summed E-state index contributed by atoms with van der Waals surface area (Å²) in [6.07, 6.45) is 2.38. The highest BCUT2D eigenvalue weighted by molar-refractivity contribution is 5.95. The fourth-order valence-electron chi connectivity index (χ4n) is 2.35. The van der Waals surface area contributed by atoms with E-state index in [0.29, 0.717) is 25.3 Å². The molecule has 0 radical (unpaired) electrons. The number of carbonyl (C=O) groups is 1. The molecule has 0 saturated heterocycles. The Morgan fingerprint density at radius 3 is 2.62 bits per heavy atom. The molecule has 2 aromatic rings. The van der Waals surface area contributed by atoms with Crippen LogP contribution in [-0.2, 0) is 11.2 Å². The van der Waals surface area contributed by atoms with Gasteiger partial charge in [0.1, 0.15) is 0 Å². The number of hydrogen-bond acceptors (Lipinski definition) is 4. The second-order valence-electron chi connectivity index (χ2n) is 5.10. The normalized spacial score (nSPS) is 10.2. The smallest absolute Gasteiger partial charge is 0.254 e. The Hall–Kier alpha value is -1.89. The average molecular weight is 353 g/mol. The molecular weight excluding hydrogens is 328 g/mol. The number of halogens is 1. The van der Waals surface area contributed by atoms with Crippen molar-refractivity contribution in [2.24, 2.45) is 0 Å². The van der Waals surface area contributed by atoms with Crippen molar-refractivity contribution >= 4 is 18.3 Å². The molecule has 0 spiro atoms. The summed E-state index contributed by atoms with van der Waals surface area (Å²) in [5.41, 5.74) is 2.51. The van der Waals surface area contributed by atoms with Crippen LogP contribution in [0.3, 0.4) is 0 Å². The Kier molecular flexibility index (Phi) is 9.07. The first-order chi connectivity index (χ1) is 11.3. The predicted octanol–water partition coefficient (Wildman–Crippen LogP) is 1.82. The van der Waals surface area contributed by atoms with E-state index in [1.165, 1.54) is 0 Å². The van der Waals surface area contributed by atoms with E-state index in [0.717, 1.165) is 24.3 Å². The highest BCUT2D eigenvalue weighted by Crippen LogP contribution is 2.15. The first kappa shape index (κ1) is 20.2. The number of para-hydroxylation sites is 1. The van der Waals surface area contributed by atoms with Gasteiger partial charge in [0.15, 0.2) is 0 Å². The van der Waals surface area contributed by atoms with Crippen molar-refractivity contribution in [2.75, 3.05) is 33.4 Å². The summed E-state index contributed by atoms with van der Waals surface area (Å²) in [5.74, 6) is -0.0856. The van der Waals surface area contributed by atoms with E-state index in [1.807, 2.05) is 41.9 Å². The van der Waals surface area contributed by atoms with Gasteiger partial charge in [-0.3, -0.25) is 4.79 Å². The predicted molar refractivity (Wildman–Crippen MR) is 97.3 cm³/mol. The quantitative estimate of drug-likeness (QED) is 0.675. The number of carbonyl (C=O) groups excluding carboxylic acids is 1. The molecule has 0 saturated carbocycles. The van der Waals surface area contributed by atoms with Gasteiger partial charge in [0.25, 0.3) is 5.91 Å². The molecule has 132 valence electrons. The van der Waals surface area contributed by atoms with Crippen molar-refractivity contribution in [1.29, 1.82) is 0 Å². The summed E-state index contributed by atoms with van der Waals surface area (Å²) in [6, 6.07) is 9.84. The van der Waals surface area contributed by atoms with E-state index in [1.54, 1.807) is 13.3 Å². The molecule has 1 aromatic carbocycles. The fraction of sp³-hybridized carbons (Fsp3) is 0.412. The number of aromatic nitrogens is 2. The molecule has 0 aliphatic carbocycles. The molecule has 0 fully saturated rings. The van der Waals surface area contributed by atoms with E-state index >= 15 is 0 Å². The van der Waals surface area contributed by atoms with Crippen molar-refractivity contribution in [3.8, 4) is 5.69 Å². The SMILES string of the molecule is CCc1c(C(=O)NCCNCCOC)cnn1-c1ccccc1.Cl. The van der Waals surface area contributed by atoms with Gasteiger partial charge >= 0.3 is 0 Å². The first-order valence-corrected chi connectivity index (χ1v) is 7.88. The van der Waals surface area contributed by atoms with Gasteiger partial charge < -0.3 is 15.4 Å². The molecular formula is C17H25ClN4O2. The molecule has 0 atom stereocenters. The topological polar surface area (TPSA) is 68.2 Å². The van der Waals surface area contributed by atoms with Crippen molar-refractivity contribution < 1.29 is 9.53 Å². The molecule has 1 aromatic heterocycles. The first-order valence-electron chi connectivity index (χ1n) is 7.88. The Morgan fingerprint density at radius 1 is 1.21 bits per heavy atom. The van der Waals surface area contributed by atoms with Crippen molar-refractivity contribution in [2.45, 2.75) is 13.3 Å². The van der Waals surface area contributed by atoms with Crippen LogP contribution in [0.15, 0.2) is 36.5 Å². The lowest BCUT2D eigenvalue weighted by atomic mass is 10.2. The minimum Gasteiger partial charge on any atom is -0.383 e. The number of nitrogens with one attached hydrogen (secondary N) is 2. The van der Waals surface area contributed by atoms with Gasteiger partial charge in [0, 0.05) is 26.7 Å². The van der Waals surface area contributed by atoms with Crippen LogP contribution in [0, 0.1) is 0 Å². The molecule has 2 rings (SSSR count). The van der Waals surface area contributed by atoms with Crippen LogP contribution in [0.5, 0.6) is 0 Å². The van der Waals surface area contributed by atoms with Crippen molar-refractivity contribution in [1.82, 2.24) is 20.4 Å². The monoisotopic (exact) mass is 352 g/mol. The zero-order chi connectivity index (χ0) is 16.5. The van der Waals surface area contributed by atoms with Crippen LogP contribution < -0.4 is 10.6 Å². The average Bonchev–Trinajstić information content (AvgIpc) is 3.02. The molecule has 1 amide bonds. The number of rotatable bonds is 9. The van der Waals surface area contributed by atoms with Gasteiger partial charge in [-0.1, -0.05) is 25.1 Å². The molecule has 7 heteroatoms. The number of nitrogens with zero attached hydrogens (tertiary/aromatic N) is 2. The van der Waals surface area contributed by atoms with Gasteiger partial charge in [-0.15, -0.1) is 12.4 Å². The number of hydrogen-bond donors (Lipinski definition) is 2. The third kappa shape index (κ3) is 5.33. The van der Waals surface area contributed by atoms with Gasteiger partial charge in [-0.05, 0) is 18.6 Å². The number of amides is 1. The maximum atomic E-state index is 12.3. The number of benzene rings is 1. The molecule has 24 heavy (non-hydrogen) atoms. The highest BCUT2D eigenvalue weighted by Gasteiger charge is 2.16. The summed E-state index contributed by atoms with van der Waals surface area (Å²) < 4.78 is 6.78. The molecule has 1 heterocycles. The van der Waals surface area contributed by atoms with E-state index in [9.17, 15) is 4.79 Å². The molecule has 0 aliphatic heterocycles. The Bertz CT molecular complexity index is 616. The van der Waals surface area contributed by atoms with Crippen LogP contribution in [-0.4, -0.2) is 49.0 Å². The molecule has 0 aliphatic rings. The van der Waals surface area contributed by atoms with E-state index < -0.39 is 0 Å². The zero-order valence-electron chi connectivity index (χ0n) is 14.1. The van der Waals surface area contributed by atoms with Crippen molar-refractivity contribution in [3.05, 3.63) is 47.8 Å². The highest BCUT2D eigenvalue weighted by atomic mass is 35.5. The molecule has 0 bridgehead atoms. The zero-order valence-corrected chi connectivity index (χ0v) is 14.9. The van der Waals surface area contributed by atoms with Crippen LogP contribution in [0.2, 0.25) is 0 Å². The van der Waals surface area contributed by atoms with Crippen LogP contribution in [0.4, 0.5) is 0 Å². The molecule has 6 nitrogen and oxygen atoms in total. The van der Waals surface area contributed by atoms with Crippen LogP contribution in [0.1, 0.15) is 23.0 Å². The third-order valence-electron chi connectivity index (χ3n) is 3.52. The van der Waals surface area contributed by atoms with Crippen molar-refractivity contribution in [3.63, 3.8) is 0 Å². The minimum atomic E-state index is -0.0856. The second kappa shape index (κ2) is 10.8. The maximum Gasteiger partial charge on any atom is 0.254 e. The maximum absolute atomic E-state index is 12.3. The lowest BCUT2D eigenvalue weighted by molar-refractivity contribution is 0.0952. The van der Waals surface area contributed by atoms with E-state index in [2.05, 4.69) is 15.7 Å². The summed E-state index contributed by atoms with van der Waals surface area (Å²) in [6.45, 7) is 4.75. The van der Waals surface area contributed by atoms with Gasteiger partial charge in [-0.25, -0.2) is 4.68 Å². The fourth-order valence-corrected chi connectivity index (χ4v) is 2.35. The van der Waals surface area contributed by atoms with E-state index in [4.69, 9.17) is 4.74 Å². The van der Waals surface area contributed by atoms with Gasteiger partial charge in [0.05, 0.1) is 29.7 Å². The molecule has 0 unspecified atom stereocenters. The largest absolute Gasteiger partial charge is 0.383 e. The summed E-state index contributed by atoms with van der Waals surface area (Å²) >= 11 is 0. The Balaban J connectivity index is 0.00000288. The minimum absolute atomic E-state index is 0. The standard InChI is InChI=1S/C17H24N4O2.ClH/c1-3-16-15(17(22)19-10-9-18-11-12-23-2)13-20-21(16)14-7-5-4-6-8-14;/h4-8,13,18H,3,9-12H2,1-2H3,(H,19,22);1H. The lowest BCUT2D eigenvalue weighted by Gasteiger charge is -2.09. The van der Waals surface area contributed by atoms with Crippen LogP contribution >= 0.6 is 12.4 Å². The second-order valence-corrected chi connectivity index (χ2v) is 5.10. The van der Waals surface area contributed by atoms with Gasteiger partial charge in [-0.2, -0.15) is 5.10 Å². The summed E-state index contributed by atoms with van der Waals surface area (Å²) in [4.78, 5) is 12.3. The number of ether oxygens (including phenoxy) is 1. The lowest BCUT2D eigenvalue weighted by Crippen LogP contribution is -2.33. The third-order valence-corrected chi connectivity index (χ3v) is 3.52. The van der Waals surface area contributed by atoms with Gasteiger partial charge in [0.2, 0.25) is 0 Å². The molecule has 2 N–H and O–H groups in total. The summed E-state index contributed by atoms with van der Waals surface area (Å²) in [7, 11) is 1.67. The number of methoxy groups -OCH3 is 1. The Labute approximate surface area is 149 Å². The Morgan fingerprint density at radius 2 is 1.96 bits per heavy atom. The summed E-state index contributed by atoms with van der Waals surface area (Å²) in [5, 5.41) is 10.5.